The molecule has 0 spiro atoms. The summed E-state index contributed by atoms with van der Waals surface area (Å²) in [5.74, 6) is 0.179. The SMILES string of the molecule is O=C1[C@@H]2[C@@H](C(=O)N1Cc1ccccc1)[C@H]1C=C[C@@H]2C1=C1CCCC1. The zero-order chi connectivity index (χ0) is 16.3. The monoisotopic (exact) mass is 319 g/mol. The Kier molecular flexibility index (Phi) is 3.06. The van der Waals surface area contributed by atoms with Gasteiger partial charge in [0.1, 0.15) is 0 Å². The Balaban J connectivity index is 1.47. The van der Waals surface area contributed by atoms with Gasteiger partial charge in [0.15, 0.2) is 0 Å². The van der Waals surface area contributed by atoms with E-state index in [0.717, 1.165) is 5.56 Å². The first-order valence-corrected chi connectivity index (χ1v) is 9.05. The topological polar surface area (TPSA) is 37.4 Å². The van der Waals surface area contributed by atoms with E-state index in [9.17, 15) is 9.59 Å². The summed E-state index contributed by atoms with van der Waals surface area (Å²) in [6.45, 7) is 0.414. The van der Waals surface area contributed by atoms with Gasteiger partial charge in [0, 0.05) is 11.8 Å². The lowest BCUT2D eigenvalue weighted by molar-refractivity contribution is -0.141. The van der Waals surface area contributed by atoms with Crippen LogP contribution in [0, 0.1) is 23.7 Å². The summed E-state index contributed by atoms with van der Waals surface area (Å²) in [5, 5.41) is 0. The van der Waals surface area contributed by atoms with Gasteiger partial charge < -0.3 is 0 Å². The largest absolute Gasteiger partial charge is 0.278 e. The second-order valence-corrected chi connectivity index (χ2v) is 7.50. The molecule has 1 saturated heterocycles. The zero-order valence-corrected chi connectivity index (χ0v) is 13.7. The fraction of sp³-hybridized carbons (Fsp3) is 0.429. The van der Waals surface area contributed by atoms with E-state index in [1.807, 2.05) is 30.3 Å². The number of rotatable bonds is 2. The second kappa shape index (κ2) is 5.17. The van der Waals surface area contributed by atoms with Crippen LogP contribution in [0.2, 0.25) is 0 Å². The Morgan fingerprint density at radius 3 is 2.04 bits per heavy atom. The molecule has 1 aliphatic heterocycles. The Bertz CT molecular complexity index is 734. The standard InChI is InChI=1S/C21H21NO2/c23-20-18-15-10-11-16(17(15)14-8-4-5-9-14)19(18)21(24)22(20)12-13-6-2-1-3-7-13/h1-3,6-7,10-11,15-16,18-19H,4-5,8-9,12H2/t15-,16+,18-,19-/m0/s1. The van der Waals surface area contributed by atoms with Crippen LogP contribution >= 0.6 is 0 Å². The zero-order valence-electron chi connectivity index (χ0n) is 13.7. The van der Waals surface area contributed by atoms with Gasteiger partial charge in [0.2, 0.25) is 11.8 Å². The van der Waals surface area contributed by atoms with E-state index >= 15 is 0 Å². The van der Waals surface area contributed by atoms with E-state index in [2.05, 4.69) is 12.2 Å². The molecule has 0 unspecified atom stereocenters. The van der Waals surface area contributed by atoms with Crippen LogP contribution in [-0.4, -0.2) is 16.7 Å². The third kappa shape index (κ3) is 1.84. The van der Waals surface area contributed by atoms with Crippen molar-refractivity contribution in [3.63, 3.8) is 0 Å². The summed E-state index contributed by atoms with van der Waals surface area (Å²) in [4.78, 5) is 27.5. The maximum Gasteiger partial charge on any atom is 0.234 e. The summed E-state index contributed by atoms with van der Waals surface area (Å²) in [5.41, 5.74) is 4.00. The van der Waals surface area contributed by atoms with Gasteiger partial charge in [-0.25, -0.2) is 0 Å². The highest BCUT2D eigenvalue weighted by atomic mass is 16.2. The van der Waals surface area contributed by atoms with E-state index in [-0.39, 0.29) is 35.5 Å². The lowest BCUT2D eigenvalue weighted by atomic mass is 9.85. The van der Waals surface area contributed by atoms with Crippen LogP contribution < -0.4 is 0 Å². The summed E-state index contributed by atoms with van der Waals surface area (Å²) in [6, 6.07) is 9.82. The van der Waals surface area contributed by atoms with Crippen LogP contribution in [0.3, 0.4) is 0 Å². The van der Waals surface area contributed by atoms with E-state index < -0.39 is 0 Å². The van der Waals surface area contributed by atoms with Crippen LogP contribution in [-0.2, 0) is 16.1 Å². The summed E-state index contributed by atoms with van der Waals surface area (Å²) in [7, 11) is 0. The van der Waals surface area contributed by atoms with Gasteiger partial charge in [-0.15, -0.1) is 0 Å². The Morgan fingerprint density at radius 1 is 0.875 bits per heavy atom. The van der Waals surface area contributed by atoms with E-state index in [4.69, 9.17) is 0 Å². The Morgan fingerprint density at radius 2 is 1.46 bits per heavy atom. The molecule has 3 nitrogen and oxygen atoms in total. The van der Waals surface area contributed by atoms with Crippen molar-refractivity contribution in [1.29, 1.82) is 0 Å². The summed E-state index contributed by atoms with van der Waals surface area (Å²) < 4.78 is 0. The molecule has 4 aliphatic rings. The minimum Gasteiger partial charge on any atom is -0.278 e. The molecule has 122 valence electrons. The van der Waals surface area contributed by atoms with Crippen molar-refractivity contribution in [2.24, 2.45) is 23.7 Å². The first kappa shape index (κ1) is 14.2. The van der Waals surface area contributed by atoms with Crippen LogP contribution in [0.1, 0.15) is 31.2 Å². The van der Waals surface area contributed by atoms with Crippen LogP contribution in [0.5, 0.6) is 0 Å². The number of imide groups is 1. The highest BCUT2D eigenvalue weighted by Gasteiger charge is 2.61. The number of hydrogen-bond acceptors (Lipinski definition) is 2. The lowest BCUT2D eigenvalue weighted by Crippen LogP contribution is -2.32. The molecule has 4 atom stereocenters. The molecule has 1 heterocycles. The van der Waals surface area contributed by atoms with Crippen LogP contribution in [0.15, 0.2) is 53.6 Å². The van der Waals surface area contributed by atoms with Crippen molar-refractivity contribution in [1.82, 2.24) is 4.90 Å². The predicted molar refractivity (Wildman–Crippen MR) is 90.6 cm³/mol. The quantitative estimate of drug-likeness (QED) is 0.618. The molecule has 1 aromatic carbocycles. The van der Waals surface area contributed by atoms with Crippen molar-refractivity contribution >= 4 is 11.8 Å². The molecular weight excluding hydrogens is 298 g/mol. The fourth-order valence-electron chi connectivity index (χ4n) is 5.31. The number of carbonyl (C=O) groups excluding carboxylic acids is 2. The van der Waals surface area contributed by atoms with Crippen molar-refractivity contribution < 1.29 is 9.59 Å². The van der Waals surface area contributed by atoms with Gasteiger partial charge in [-0.05, 0) is 31.2 Å². The molecule has 5 rings (SSSR count). The average molecular weight is 319 g/mol. The molecular formula is C21H21NO2. The van der Waals surface area contributed by atoms with E-state index in [1.165, 1.54) is 36.2 Å². The highest BCUT2D eigenvalue weighted by Crippen LogP contribution is 2.58. The second-order valence-electron chi connectivity index (χ2n) is 7.50. The normalized spacial score (nSPS) is 33.9. The average Bonchev–Trinajstić information content (AvgIpc) is 3.35. The van der Waals surface area contributed by atoms with Gasteiger partial charge >= 0.3 is 0 Å². The van der Waals surface area contributed by atoms with Gasteiger partial charge in [-0.1, -0.05) is 53.6 Å². The van der Waals surface area contributed by atoms with E-state index in [1.54, 1.807) is 5.57 Å². The minimum atomic E-state index is -0.140. The Hall–Kier alpha value is -2.16. The summed E-state index contributed by atoms with van der Waals surface area (Å²) >= 11 is 0. The molecule has 2 saturated carbocycles. The number of carbonyl (C=O) groups is 2. The molecule has 2 amide bonds. The van der Waals surface area contributed by atoms with Crippen LogP contribution in [0.25, 0.3) is 0 Å². The number of likely N-dealkylation sites (tertiary alicyclic amines) is 1. The molecule has 3 heteroatoms. The first-order chi connectivity index (χ1) is 11.8. The van der Waals surface area contributed by atoms with Gasteiger partial charge in [-0.3, -0.25) is 14.5 Å². The number of hydrogen-bond donors (Lipinski definition) is 0. The third-order valence-corrected chi connectivity index (χ3v) is 6.31. The molecule has 3 aliphatic carbocycles. The maximum atomic E-state index is 13.0. The molecule has 3 fully saturated rings. The smallest absolute Gasteiger partial charge is 0.234 e. The molecule has 24 heavy (non-hydrogen) atoms. The number of benzene rings is 1. The molecule has 1 aromatic rings. The van der Waals surface area contributed by atoms with Crippen molar-refractivity contribution in [2.45, 2.75) is 32.2 Å². The van der Waals surface area contributed by atoms with Crippen LogP contribution in [0.4, 0.5) is 0 Å². The molecule has 0 aromatic heterocycles. The minimum absolute atomic E-state index is 0.0433. The first-order valence-electron chi connectivity index (χ1n) is 9.05. The highest BCUT2D eigenvalue weighted by molar-refractivity contribution is 6.07. The maximum absolute atomic E-state index is 13.0. The molecule has 0 N–H and O–H groups in total. The third-order valence-electron chi connectivity index (χ3n) is 6.31. The van der Waals surface area contributed by atoms with Crippen molar-refractivity contribution in [3.05, 3.63) is 59.2 Å². The van der Waals surface area contributed by atoms with Crippen molar-refractivity contribution in [2.75, 3.05) is 0 Å². The molecule has 0 radical (unpaired) electrons. The van der Waals surface area contributed by atoms with Crippen molar-refractivity contribution in [3.8, 4) is 0 Å². The van der Waals surface area contributed by atoms with E-state index in [0.29, 0.717) is 6.54 Å². The lowest BCUT2D eigenvalue weighted by Gasteiger charge is -2.19. The van der Waals surface area contributed by atoms with Gasteiger partial charge in [0.05, 0.1) is 18.4 Å². The predicted octanol–water partition coefficient (Wildman–Crippen LogP) is 3.47. The van der Waals surface area contributed by atoms with Gasteiger partial charge in [0.25, 0.3) is 0 Å². The molecule has 2 bridgehead atoms. The number of fused-ring (bicyclic) bond motifs is 5. The Labute approximate surface area is 142 Å². The fourth-order valence-corrected chi connectivity index (χ4v) is 5.31. The number of allylic oxidation sites excluding steroid dienone is 4. The summed E-state index contributed by atoms with van der Waals surface area (Å²) in [6.07, 6.45) is 9.25. The number of nitrogens with zero attached hydrogens (tertiary/aromatic N) is 1. The number of amides is 2. The van der Waals surface area contributed by atoms with Gasteiger partial charge in [-0.2, -0.15) is 0 Å².